The molecule has 0 radical (unpaired) electrons. The third-order valence-corrected chi connectivity index (χ3v) is 5.57. The van der Waals surface area contributed by atoms with E-state index in [0.717, 1.165) is 18.4 Å². The Labute approximate surface area is 162 Å². The third kappa shape index (κ3) is 4.19. The second kappa shape index (κ2) is 8.35. The van der Waals surface area contributed by atoms with Gasteiger partial charge in [-0.05, 0) is 55.3 Å². The Kier molecular flexibility index (Phi) is 5.91. The van der Waals surface area contributed by atoms with Crippen LogP contribution in [0, 0.1) is 6.92 Å². The molecule has 142 valence electrons. The first-order chi connectivity index (χ1) is 13.0. The smallest absolute Gasteiger partial charge is 0.337 e. The Balaban J connectivity index is 1.79. The minimum atomic E-state index is -0.519. The summed E-state index contributed by atoms with van der Waals surface area (Å²) in [6.07, 6.45) is 2.41. The summed E-state index contributed by atoms with van der Waals surface area (Å²) in [6.45, 7) is 2.42. The predicted octanol–water partition coefficient (Wildman–Crippen LogP) is 3.48. The van der Waals surface area contributed by atoms with E-state index in [0.29, 0.717) is 29.1 Å². The molecule has 2 aromatic rings. The Morgan fingerprint density at radius 1 is 1.22 bits per heavy atom. The van der Waals surface area contributed by atoms with Gasteiger partial charge in [0.1, 0.15) is 6.04 Å². The van der Waals surface area contributed by atoms with Crippen molar-refractivity contribution >= 4 is 34.8 Å². The molecule has 2 heterocycles. The minimum absolute atomic E-state index is 0.107. The molecule has 27 heavy (non-hydrogen) atoms. The van der Waals surface area contributed by atoms with Crippen molar-refractivity contribution in [2.45, 2.75) is 32.2 Å². The van der Waals surface area contributed by atoms with Crippen LogP contribution in [0.3, 0.4) is 0 Å². The van der Waals surface area contributed by atoms with Gasteiger partial charge in [-0.3, -0.25) is 9.59 Å². The fourth-order valence-corrected chi connectivity index (χ4v) is 3.89. The number of benzene rings is 1. The molecule has 6 nitrogen and oxygen atoms in total. The number of hydrogen-bond acceptors (Lipinski definition) is 5. The molecular formula is C20H22N2O4S. The monoisotopic (exact) mass is 386 g/mol. The maximum Gasteiger partial charge on any atom is 0.337 e. The number of methoxy groups -OCH3 is 1. The van der Waals surface area contributed by atoms with Crippen molar-refractivity contribution in [3.8, 4) is 0 Å². The van der Waals surface area contributed by atoms with Gasteiger partial charge in [-0.25, -0.2) is 4.79 Å². The first kappa shape index (κ1) is 19.1. The van der Waals surface area contributed by atoms with E-state index < -0.39 is 12.0 Å². The molecule has 7 heteroatoms. The summed E-state index contributed by atoms with van der Waals surface area (Å²) in [5.41, 5.74) is 1.76. The van der Waals surface area contributed by atoms with Crippen LogP contribution in [0.4, 0.5) is 5.69 Å². The first-order valence-electron chi connectivity index (χ1n) is 8.85. The quantitative estimate of drug-likeness (QED) is 0.817. The molecule has 1 saturated heterocycles. The molecule has 1 atom stereocenters. The van der Waals surface area contributed by atoms with Crippen molar-refractivity contribution in [2.24, 2.45) is 0 Å². The summed E-state index contributed by atoms with van der Waals surface area (Å²) >= 11 is 1.38. The van der Waals surface area contributed by atoms with Gasteiger partial charge in [-0.1, -0.05) is 12.1 Å². The second-order valence-electron chi connectivity index (χ2n) is 6.50. The molecule has 1 aromatic carbocycles. The molecule has 0 bridgehead atoms. The number of nitrogens with one attached hydrogen (secondary N) is 1. The molecule has 1 N–H and O–H groups in total. The lowest BCUT2D eigenvalue weighted by Crippen LogP contribution is -2.49. The van der Waals surface area contributed by atoms with Gasteiger partial charge in [0, 0.05) is 12.2 Å². The number of aryl methyl sites for hydroxylation is 1. The molecule has 0 aliphatic carbocycles. The van der Waals surface area contributed by atoms with Crippen LogP contribution in [0.15, 0.2) is 35.7 Å². The van der Waals surface area contributed by atoms with Crippen molar-refractivity contribution < 1.29 is 19.1 Å². The number of piperidine rings is 1. The number of nitrogens with zero attached hydrogens (tertiary/aromatic N) is 1. The van der Waals surface area contributed by atoms with Crippen molar-refractivity contribution in [2.75, 3.05) is 19.0 Å². The standard InChI is InChI=1S/C20H22N2O4S/c1-13-8-9-14(20(25)26-2)12-15(13)21-18(23)16-6-3-4-10-22(16)19(24)17-7-5-11-27-17/h5,7-9,11-12,16H,3-4,6,10H2,1-2H3,(H,21,23). The molecule has 1 aliphatic heterocycles. The normalized spacial score (nSPS) is 16.7. The maximum atomic E-state index is 12.9. The molecule has 3 rings (SSSR count). The van der Waals surface area contributed by atoms with Crippen LogP contribution in [-0.4, -0.2) is 42.4 Å². The summed E-state index contributed by atoms with van der Waals surface area (Å²) in [5, 5.41) is 4.75. The summed E-state index contributed by atoms with van der Waals surface area (Å²) in [7, 11) is 1.32. The van der Waals surface area contributed by atoms with Gasteiger partial charge in [0.25, 0.3) is 5.91 Å². The first-order valence-corrected chi connectivity index (χ1v) is 9.73. The fraction of sp³-hybridized carbons (Fsp3) is 0.350. The van der Waals surface area contributed by atoms with E-state index in [-0.39, 0.29) is 11.8 Å². The van der Waals surface area contributed by atoms with Crippen LogP contribution >= 0.6 is 11.3 Å². The Morgan fingerprint density at radius 3 is 2.74 bits per heavy atom. The number of carbonyl (C=O) groups excluding carboxylic acids is 3. The van der Waals surface area contributed by atoms with Crippen molar-refractivity contribution in [1.82, 2.24) is 4.90 Å². The van der Waals surface area contributed by atoms with Crippen molar-refractivity contribution in [1.29, 1.82) is 0 Å². The van der Waals surface area contributed by atoms with E-state index in [4.69, 9.17) is 4.74 Å². The molecule has 1 aliphatic rings. The molecule has 0 saturated carbocycles. The summed E-state index contributed by atoms with van der Waals surface area (Å²) < 4.78 is 4.74. The zero-order valence-corrected chi connectivity index (χ0v) is 16.2. The number of esters is 1. The minimum Gasteiger partial charge on any atom is -0.465 e. The van der Waals surface area contributed by atoms with E-state index in [1.807, 2.05) is 18.4 Å². The number of carbonyl (C=O) groups is 3. The number of amides is 2. The zero-order chi connectivity index (χ0) is 19.4. The van der Waals surface area contributed by atoms with Gasteiger partial charge >= 0.3 is 5.97 Å². The summed E-state index contributed by atoms with van der Waals surface area (Å²) in [6, 6.07) is 8.11. The van der Waals surface area contributed by atoms with Crippen LogP contribution < -0.4 is 5.32 Å². The fourth-order valence-electron chi connectivity index (χ4n) is 3.21. The molecule has 1 unspecified atom stereocenters. The van der Waals surface area contributed by atoms with Gasteiger partial charge in [0.15, 0.2) is 0 Å². The van der Waals surface area contributed by atoms with Crippen LogP contribution in [0.2, 0.25) is 0 Å². The van der Waals surface area contributed by atoms with E-state index in [9.17, 15) is 14.4 Å². The molecule has 1 fully saturated rings. The highest BCUT2D eigenvalue weighted by Crippen LogP contribution is 2.24. The van der Waals surface area contributed by atoms with Gasteiger partial charge in [-0.2, -0.15) is 0 Å². The average Bonchev–Trinajstić information content (AvgIpc) is 3.23. The summed E-state index contributed by atoms with van der Waals surface area (Å²) in [5.74, 6) is -0.799. The number of hydrogen-bond donors (Lipinski definition) is 1. The summed E-state index contributed by atoms with van der Waals surface area (Å²) in [4.78, 5) is 39.8. The second-order valence-corrected chi connectivity index (χ2v) is 7.45. The number of ether oxygens (including phenoxy) is 1. The number of thiophene rings is 1. The van der Waals surface area contributed by atoms with Crippen LogP contribution in [0.1, 0.15) is 44.9 Å². The van der Waals surface area contributed by atoms with E-state index in [1.165, 1.54) is 18.4 Å². The van der Waals surface area contributed by atoms with E-state index in [2.05, 4.69) is 5.32 Å². The predicted molar refractivity (Wildman–Crippen MR) is 104 cm³/mol. The number of likely N-dealkylation sites (tertiary alicyclic amines) is 1. The number of anilines is 1. The van der Waals surface area contributed by atoms with Gasteiger partial charge in [-0.15, -0.1) is 11.3 Å². The van der Waals surface area contributed by atoms with Crippen molar-refractivity contribution in [3.63, 3.8) is 0 Å². The Bertz CT molecular complexity index is 848. The van der Waals surface area contributed by atoms with Gasteiger partial charge in [0.05, 0.1) is 17.6 Å². The lowest BCUT2D eigenvalue weighted by atomic mass is 10.0. The Morgan fingerprint density at radius 2 is 2.04 bits per heavy atom. The lowest BCUT2D eigenvalue weighted by Gasteiger charge is -2.34. The van der Waals surface area contributed by atoms with Crippen LogP contribution in [0.25, 0.3) is 0 Å². The molecule has 2 amide bonds. The molecule has 1 aromatic heterocycles. The zero-order valence-electron chi connectivity index (χ0n) is 15.4. The van der Waals surface area contributed by atoms with Crippen LogP contribution in [-0.2, 0) is 9.53 Å². The molecule has 0 spiro atoms. The third-order valence-electron chi connectivity index (χ3n) is 4.71. The van der Waals surface area contributed by atoms with Crippen molar-refractivity contribution in [3.05, 3.63) is 51.7 Å². The highest BCUT2D eigenvalue weighted by molar-refractivity contribution is 7.12. The molecular weight excluding hydrogens is 364 g/mol. The van der Waals surface area contributed by atoms with E-state index >= 15 is 0 Å². The Hall–Kier alpha value is -2.67. The highest BCUT2D eigenvalue weighted by Gasteiger charge is 2.33. The topological polar surface area (TPSA) is 75.7 Å². The average molecular weight is 386 g/mol. The van der Waals surface area contributed by atoms with Gasteiger partial charge < -0.3 is 15.0 Å². The SMILES string of the molecule is COC(=O)c1ccc(C)c(NC(=O)C2CCCCN2C(=O)c2cccs2)c1. The lowest BCUT2D eigenvalue weighted by molar-refractivity contribution is -0.121. The number of rotatable bonds is 4. The maximum absolute atomic E-state index is 12.9. The largest absolute Gasteiger partial charge is 0.465 e. The van der Waals surface area contributed by atoms with Gasteiger partial charge in [0.2, 0.25) is 5.91 Å². The van der Waals surface area contributed by atoms with E-state index in [1.54, 1.807) is 29.2 Å². The highest BCUT2D eigenvalue weighted by atomic mass is 32.1. The van der Waals surface area contributed by atoms with Crippen LogP contribution in [0.5, 0.6) is 0 Å².